The van der Waals surface area contributed by atoms with Crippen LogP contribution in [0.2, 0.25) is 0 Å². The van der Waals surface area contributed by atoms with Crippen LogP contribution >= 0.6 is 24.0 Å². The number of aliphatic imine (C=N–C) groups is 1. The van der Waals surface area contributed by atoms with Crippen molar-refractivity contribution in [3.05, 3.63) is 47.3 Å². The Morgan fingerprint density at radius 2 is 1.97 bits per heavy atom. The first-order chi connectivity index (χ1) is 14.4. The Morgan fingerprint density at radius 1 is 1.19 bits per heavy atom. The number of halogens is 1. The summed E-state index contributed by atoms with van der Waals surface area (Å²) in [6.07, 6.45) is 1.48. The largest absolute Gasteiger partial charge is 0.357 e. The maximum absolute atomic E-state index is 12.0. The average Bonchev–Trinajstić information content (AvgIpc) is 2.99. The van der Waals surface area contributed by atoms with Crippen molar-refractivity contribution in [2.24, 2.45) is 10.9 Å². The summed E-state index contributed by atoms with van der Waals surface area (Å²) >= 11 is 0. The van der Waals surface area contributed by atoms with Crippen LogP contribution in [-0.2, 0) is 17.9 Å². The van der Waals surface area contributed by atoms with Crippen molar-refractivity contribution in [2.75, 3.05) is 18.4 Å². The smallest absolute Gasteiger partial charge is 0.224 e. The molecular formula is C23H37IN6O. The monoisotopic (exact) mass is 540 g/mol. The third-order valence-electron chi connectivity index (χ3n) is 4.51. The van der Waals surface area contributed by atoms with Crippen molar-refractivity contribution in [2.45, 2.75) is 60.5 Å². The Kier molecular flexibility index (Phi) is 12.2. The van der Waals surface area contributed by atoms with Crippen LogP contribution in [0, 0.1) is 19.8 Å². The second-order valence-corrected chi connectivity index (χ2v) is 7.97. The molecule has 0 saturated heterocycles. The number of carbonyl (C=O) groups is 1. The number of carbonyl (C=O) groups excluding carboxylic acids is 1. The number of rotatable bonds is 10. The van der Waals surface area contributed by atoms with Gasteiger partial charge in [-0.1, -0.05) is 26.0 Å². The number of nitrogens with one attached hydrogen (secondary N) is 3. The molecule has 1 aromatic carbocycles. The average molecular weight is 540 g/mol. The van der Waals surface area contributed by atoms with E-state index >= 15 is 0 Å². The maximum Gasteiger partial charge on any atom is 0.224 e. The number of amides is 1. The zero-order valence-corrected chi connectivity index (χ0v) is 21.7. The number of benzene rings is 1. The summed E-state index contributed by atoms with van der Waals surface area (Å²) in [5.74, 6) is 1.18. The molecule has 2 aromatic rings. The lowest BCUT2D eigenvalue weighted by Gasteiger charge is -2.12. The fourth-order valence-electron chi connectivity index (χ4n) is 3.18. The van der Waals surface area contributed by atoms with E-state index < -0.39 is 0 Å². The molecule has 31 heavy (non-hydrogen) atoms. The van der Waals surface area contributed by atoms with E-state index in [4.69, 9.17) is 0 Å². The van der Waals surface area contributed by atoms with Gasteiger partial charge in [-0.25, -0.2) is 4.99 Å². The number of nitrogens with zero attached hydrogens (tertiary/aromatic N) is 3. The van der Waals surface area contributed by atoms with Crippen LogP contribution in [-0.4, -0.2) is 34.7 Å². The fourth-order valence-corrected chi connectivity index (χ4v) is 3.18. The van der Waals surface area contributed by atoms with E-state index in [-0.39, 0.29) is 29.9 Å². The highest BCUT2D eigenvalue weighted by atomic mass is 127. The molecule has 2 rings (SSSR count). The molecule has 3 N–H and O–H groups in total. The molecule has 1 aromatic heterocycles. The molecule has 7 nitrogen and oxygen atoms in total. The number of hydrogen-bond acceptors (Lipinski definition) is 3. The van der Waals surface area contributed by atoms with Gasteiger partial charge in [0.2, 0.25) is 5.91 Å². The van der Waals surface area contributed by atoms with Gasteiger partial charge in [0, 0.05) is 37.4 Å². The first-order valence-electron chi connectivity index (χ1n) is 10.8. The Labute approximate surface area is 203 Å². The molecule has 0 spiro atoms. The summed E-state index contributed by atoms with van der Waals surface area (Å²) in [6, 6.07) is 9.96. The zero-order chi connectivity index (χ0) is 21.9. The molecule has 1 heterocycles. The van der Waals surface area contributed by atoms with Crippen LogP contribution in [0.3, 0.4) is 0 Å². The van der Waals surface area contributed by atoms with E-state index in [0.29, 0.717) is 18.9 Å². The summed E-state index contributed by atoms with van der Waals surface area (Å²) in [7, 11) is 0. The molecule has 0 fully saturated rings. The van der Waals surface area contributed by atoms with Gasteiger partial charge in [-0.05, 0) is 56.9 Å². The van der Waals surface area contributed by atoms with E-state index in [0.717, 1.165) is 49.0 Å². The van der Waals surface area contributed by atoms with Gasteiger partial charge in [0.1, 0.15) is 0 Å². The number of aromatic nitrogens is 2. The first-order valence-corrected chi connectivity index (χ1v) is 10.8. The van der Waals surface area contributed by atoms with Gasteiger partial charge in [0.15, 0.2) is 5.96 Å². The molecule has 172 valence electrons. The topological polar surface area (TPSA) is 83.3 Å². The van der Waals surface area contributed by atoms with E-state index in [1.165, 1.54) is 5.69 Å². The number of aryl methyl sites for hydroxylation is 3. The van der Waals surface area contributed by atoms with Crippen LogP contribution in [0.1, 0.15) is 50.6 Å². The molecule has 0 bridgehead atoms. The summed E-state index contributed by atoms with van der Waals surface area (Å²) in [4.78, 5) is 16.7. The van der Waals surface area contributed by atoms with Crippen molar-refractivity contribution in [3.63, 3.8) is 0 Å². The lowest BCUT2D eigenvalue weighted by atomic mass is 10.1. The standard InChI is InChI=1S/C23H36N6O.HI/c1-6-24-23(25-11-8-12-29-19(5)14-18(4)28-29)26-16-20-9-7-10-21(15-20)27-22(30)13-17(2)3;/h7,9-10,14-15,17H,6,8,11-13,16H2,1-5H3,(H,27,30)(H2,24,25,26);1H. The van der Waals surface area contributed by atoms with Crippen LogP contribution in [0.4, 0.5) is 5.69 Å². The third-order valence-corrected chi connectivity index (χ3v) is 4.51. The molecule has 8 heteroatoms. The van der Waals surface area contributed by atoms with E-state index in [9.17, 15) is 4.79 Å². The van der Waals surface area contributed by atoms with Gasteiger partial charge in [0.25, 0.3) is 0 Å². The van der Waals surface area contributed by atoms with Crippen molar-refractivity contribution in [1.82, 2.24) is 20.4 Å². The zero-order valence-electron chi connectivity index (χ0n) is 19.4. The van der Waals surface area contributed by atoms with Crippen molar-refractivity contribution in [1.29, 1.82) is 0 Å². The first kappa shape index (κ1) is 26.9. The van der Waals surface area contributed by atoms with Gasteiger partial charge < -0.3 is 16.0 Å². The fraction of sp³-hybridized carbons (Fsp3) is 0.522. The lowest BCUT2D eigenvalue weighted by molar-refractivity contribution is -0.116. The number of anilines is 1. The molecule has 1 amide bonds. The Hall–Kier alpha value is -2.10. The Morgan fingerprint density at radius 3 is 2.61 bits per heavy atom. The maximum atomic E-state index is 12.0. The SMILES string of the molecule is CCNC(=NCc1cccc(NC(=O)CC(C)C)c1)NCCCn1nc(C)cc1C.I. The molecule has 0 aliphatic rings. The van der Waals surface area contributed by atoms with Gasteiger partial charge in [-0.3, -0.25) is 9.48 Å². The van der Waals surface area contributed by atoms with Gasteiger partial charge in [0.05, 0.1) is 12.2 Å². The van der Waals surface area contributed by atoms with Gasteiger partial charge in [-0.15, -0.1) is 24.0 Å². The Bertz CT molecular complexity index is 846. The second-order valence-electron chi connectivity index (χ2n) is 7.97. The Balaban J connectivity index is 0.00000480. The van der Waals surface area contributed by atoms with E-state index in [1.807, 2.05) is 49.7 Å². The summed E-state index contributed by atoms with van der Waals surface area (Å²) in [5.41, 5.74) is 4.11. The minimum atomic E-state index is 0. The molecule has 0 radical (unpaired) electrons. The minimum absolute atomic E-state index is 0. The van der Waals surface area contributed by atoms with Crippen LogP contribution < -0.4 is 16.0 Å². The summed E-state index contributed by atoms with van der Waals surface area (Å²) < 4.78 is 2.04. The molecule has 0 aliphatic heterocycles. The predicted molar refractivity (Wildman–Crippen MR) is 139 cm³/mol. The lowest BCUT2D eigenvalue weighted by Crippen LogP contribution is -2.38. The van der Waals surface area contributed by atoms with Crippen molar-refractivity contribution >= 4 is 41.5 Å². The summed E-state index contributed by atoms with van der Waals surface area (Å²) in [5, 5.41) is 14.1. The highest BCUT2D eigenvalue weighted by Gasteiger charge is 2.06. The predicted octanol–water partition coefficient (Wildman–Crippen LogP) is 4.25. The van der Waals surface area contributed by atoms with Crippen LogP contribution in [0.5, 0.6) is 0 Å². The third kappa shape index (κ3) is 10.2. The molecule has 0 unspecified atom stereocenters. The summed E-state index contributed by atoms with van der Waals surface area (Å²) in [6.45, 7) is 13.3. The van der Waals surface area contributed by atoms with Gasteiger partial charge in [-0.2, -0.15) is 5.10 Å². The molecule has 0 atom stereocenters. The van der Waals surface area contributed by atoms with Crippen molar-refractivity contribution < 1.29 is 4.79 Å². The van der Waals surface area contributed by atoms with Crippen molar-refractivity contribution in [3.8, 4) is 0 Å². The number of hydrogen-bond donors (Lipinski definition) is 3. The van der Waals surface area contributed by atoms with Gasteiger partial charge >= 0.3 is 0 Å². The minimum Gasteiger partial charge on any atom is -0.357 e. The highest BCUT2D eigenvalue weighted by Crippen LogP contribution is 2.13. The normalized spacial score (nSPS) is 11.2. The molecule has 0 aliphatic carbocycles. The van der Waals surface area contributed by atoms with Crippen LogP contribution in [0.25, 0.3) is 0 Å². The molecule has 0 saturated carbocycles. The van der Waals surface area contributed by atoms with E-state index in [1.54, 1.807) is 0 Å². The van der Waals surface area contributed by atoms with Crippen LogP contribution in [0.15, 0.2) is 35.3 Å². The number of guanidine groups is 1. The molecular weight excluding hydrogens is 503 g/mol. The highest BCUT2D eigenvalue weighted by molar-refractivity contribution is 14.0. The second kappa shape index (κ2) is 14.1. The quantitative estimate of drug-likeness (QED) is 0.182. The van der Waals surface area contributed by atoms with E-state index in [2.05, 4.69) is 46.0 Å².